The average Bonchev–Trinajstić information content (AvgIpc) is 2.64. The number of benzene rings is 1. The van der Waals surface area contributed by atoms with Crippen LogP contribution in [0.2, 0.25) is 0 Å². The van der Waals surface area contributed by atoms with E-state index in [9.17, 15) is 18.0 Å². The minimum absolute atomic E-state index is 0.0689. The topological polar surface area (TPSA) is 102 Å². The SMILES string of the molecule is C[C@@H](NC(=O)COC(=O)c1cccc(NS(C)(=O)=O)c1)C12CC3CC(CC(C3)C1)C2. The molecule has 0 unspecified atom stereocenters. The predicted octanol–water partition coefficient (Wildman–Crippen LogP) is 2.94. The zero-order chi connectivity index (χ0) is 21.5. The maximum absolute atomic E-state index is 12.5. The smallest absolute Gasteiger partial charge is 0.338 e. The summed E-state index contributed by atoms with van der Waals surface area (Å²) < 4.78 is 30.2. The monoisotopic (exact) mass is 434 g/mol. The average molecular weight is 435 g/mol. The molecular formula is C22H30N2O5S. The van der Waals surface area contributed by atoms with Crippen molar-refractivity contribution in [1.29, 1.82) is 0 Å². The standard InChI is InChI=1S/C22H30N2O5S/c1-14(22-10-15-6-16(11-22)8-17(7-15)12-22)23-20(25)13-29-21(26)18-4-3-5-19(9-18)24-30(2,27)28/h3-5,9,14-17,24H,6-8,10-13H2,1-2H3,(H,23,25)/t14-,15?,16?,17?,22?/m1/s1. The summed E-state index contributed by atoms with van der Waals surface area (Å²) in [7, 11) is -3.44. The highest BCUT2D eigenvalue weighted by Gasteiger charge is 2.53. The molecule has 4 aliphatic rings. The van der Waals surface area contributed by atoms with Gasteiger partial charge in [0.05, 0.1) is 11.8 Å². The number of rotatable bonds is 7. The van der Waals surface area contributed by atoms with Gasteiger partial charge < -0.3 is 10.1 Å². The summed E-state index contributed by atoms with van der Waals surface area (Å²) in [6, 6.07) is 6.07. The Morgan fingerprint density at radius 3 is 2.30 bits per heavy atom. The van der Waals surface area contributed by atoms with E-state index in [1.165, 1.54) is 56.7 Å². The van der Waals surface area contributed by atoms with Crippen LogP contribution in [0.4, 0.5) is 5.69 Å². The minimum Gasteiger partial charge on any atom is -0.452 e. The van der Waals surface area contributed by atoms with E-state index in [0.29, 0.717) is 0 Å². The van der Waals surface area contributed by atoms with Crippen molar-refractivity contribution < 1.29 is 22.7 Å². The van der Waals surface area contributed by atoms with E-state index in [4.69, 9.17) is 4.74 Å². The van der Waals surface area contributed by atoms with Crippen molar-refractivity contribution in [3.05, 3.63) is 29.8 Å². The fraction of sp³-hybridized carbons (Fsp3) is 0.636. The van der Waals surface area contributed by atoms with Gasteiger partial charge in [0, 0.05) is 11.7 Å². The molecule has 0 heterocycles. The fourth-order valence-electron chi connectivity index (χ4n) is 6.28. The highest BCUT2D eigenvalue weighted by molar-refractivity contribution is 7.92. The summed E-state index contributed by atoms with van der Waals surface area (Å²) in [6.07, 6.45) is 8.68. The van der Waals surface area contributed by atoms with Crippen molar-refractivity contribution in [2.75, 3.05) is 17.6 Å². The Kier molecular flexibility index (Phi) is 5.55. The molecule has 0 aromatic heterocycles. The van der Waals surface area contributed by atoms with E-state index in [1.54, 1.807) is 6.07 Å². The van der Waals surface area contributed by atoms with Gasteiger partial charge in [0.2, 0.25) is 10.0 Å². The molecule has 30 heavy (non-hydrogen) atoms. The molecule has 1 aromatic carbocycles. The number of sulfonamides is 1. The molecule has 164 valence electrons. The van der Waals surface area contributed by atoms with Crippen LogP contribution in [0.25, 0.3) is 0 Å². The van der Waals surface area contributed by atoms with E-state index in [0.717, 1.165) is 24.0 Å². The van der Waals surface area contributed by atoms with Gasteiger partial charge in [0.15, 0.2) is 6.61 Å². The molecule has 0 aliphatic heterocycles. The van der Waals surface area contributed by atoms with Gasteiger partial charge in [0.1, 0.15) is 0 Å². The van der Waals surface area contributed by atoms with Crippen LogP contribution in [0.5, 0.6) is 0 Å². The second kappa shape index (κ2) is 7.87. The Morgan fingerprint density at radius 2 is 1.73 bits per heavy atom. The number of anilines is 1. The molecule has 2 N–H and O–H groups in total. The molecule has 0 radical (unpaired) electrons. The molecule has 4 aliphatic carbocycles. The Labute approximate surface area is 178 Å². The largest absolute Gasteiger partial charge is 0.452 e. The predicted molar refractivity (Wildman–Crippen MR) is 113 cm³/mol. The first-order chi connectivity index (χ1) is 14.1. The van der Waals surface area contributed by atoms with Crippen LogP contribution in [0.1, 0.15) is 55.8 Å². The number of carbonyl (C=O) groups excluding carboxylic acids is 2. The number of hydrogen-bond donors (Lipinski definition) is 2. The lowest BCUT2D eigenvalue weighted by Gasteiger charge is -2.59. The Bertz CT molecular complexity index is 907. The second-order valence-electron chi connectivity index (χ2n) is 9.60. The summed E-state index contributed by atoms with van der Waals surface area (Å²) in [6.45, 7) is 1.74. The van der Waals surface area contributed by atoms with E-state index >= 15 is 0 Å². The lowest BCUT2D eigenvalue weighted by Crippen LogP contribution is -2.56. The minimum atomic E-state index is -3.44. The van der Waals surface area contributed by atoms with Crippen molar-refractivity contribution in [1.82, 2.24) is 5.32 Å². The van der Waals surface area contributed by atoms with Gasteiger partial charge in [-0.15, -0.1) is 0 Å². The highest BCUT2D eigenvalue weighted by atomic mass is 32.2. The van der Waals surface area contributed by atoms with Gasteiger partial charge in [-0.3, -0.25) is 9.52 Å². The summed E-state index contributed by atoms with van der Waals surface area (Å²) in [5.74, 6) is 1.46. The highest BCUT2D eigenvalue weighted by Crippen LogP contribution is 2.61. The first-order valence-corrected chi connectivity index (χ1v) is 12.6. The number of nitrogens with one attached hydrogen (secondary N) is 2. The Balaban J connectivity index is 1.31. The maximum Gasteiger partial charge on any atom is 0.338 e. The Hall–Kier alpha value is -2.09. The Morgan fingerprint density at radius 1 is 1.13 bits per heavy atom. The summed E-state index contributed by atoms with van der Waals surface area (Å²) in [4.78, 5) is 24.8. The van der Waals surface area contributed by atoms with Crippen molar-refractivity contribution >= 4 is 27.6 Å². The van der Waals surface area contributed by atoms with Gasteiger partial charge in [-0.25, -0.2) is 13.2 Å². The number of hydrogen-bond acceptors (Lipinski definition) is 5. The molecule has 0 saturated heterocycles. The van der Waals surface area contributed by atoms with E-state index in [2.05, 4.69) is 17.0 Å². The molecule has 4 saturated carbocycles. The van der Waals surface area contributed by atoms with Gasteiger partial charge in [-0.1, -0.05) is 6.07 Å². The zero-order valence-corrected chi connectivity index (χ0v) is 18.3. The van der Waals surface area contributed by atoms with E-state index < -0.39 is 16.0 Å². The molecule has 7 nitrogen and oxygen atoms in total. The van der Waals surface area contributed by atoms with Crippen LogP contribution in [-0.2, 0) is 19.6 Å². The van der Waals surface area contributed by atoms with Crippen molar-refractivity contribution in [2.45, 2.75) is 51.5 Å². The molecule has 0 spiro atoms. The first kappa shape index (κ1) is 21.2. The fourth-order valence-corrected chi connectivity index (χ4v) is 6.84. The van der Waals surface area contributed by atoms with Gasteiger partial charge in [-0.2, -0.15) is 0 Å². The van der Waals surface area contributed by atoms with Crippen molar-refractivity contribution in [3.63, 3.8) is 0 Å². The number of ether oxygens (including phenoxy) is 1. The van der Waals surface area contributed by atoms with Crippen LogP contribution in [0, 0.1) is 23.2 Å². The number of esters is 1. The van der Waals surface area contributed by atoms with Crippen LogP contribution < -0.4 is 10.0 Å². The van der Waals surface area contributed by atoms with Gasteiger partial charge in [-0.05, 0) is 86.8 Å². The van der Waals surface area contributed by atoms with E-state index in [1.807, 2.05) is 0 Å². The molecule has 4 fully saturated rings. The van der Waals surface area contributed by atoms with Crippen molar-refractivity contribution in [2.24, 2.45) is 23.2 Å². The third kappa shape index (κ3) is 4.63. The molecular weight excluding hydrogens is 404 g/mol. The quantitative estimate of drug-likeness (QED) is 0.643. The third-order valence-corrected chi connectivity index (χ3v) is 7.72. The number of carbonyl (C=O) groups is 2. The molecule has 1 atom stereocenters. The molecule has 5 rings (SSSR count). The number of amides is 1. The third-order valence-electron chi connectivity index (χ3n) is 7.12. The molecule has 1 aromatic rings. The van der Waals surface area contributed by atoms with Crippen LogP contribution in [-0.4, -0.2) is 39.2 Å². The van der Waals surface area contributed by atoms with Crippen molar-refractivity contribution in [3.8, 4) is 0 Å². The molecule has 1 amide bonds. The van der Waals surface area contributed by atoms with Gasteiger partial charge in [0.25, 0.3) is 5.91 Å². The maximum atomic E-state index is 12.5. The lowest BCUT2D eigenvalue weighted by atomic mass is 9.48. The summed E-state index contributed by atoms with van der Waals surface area (Å²) >= 11 is 0. The van der Waals surface area contributed by atoms with Crippen LogP contribution in [0.3, 0.4) is 0 Å². The van der Waals surface area contributed by atoms with Crippen LogP contribution >= 0.6 is 0 Å². The van der Waals surface area contributed by atoms with Crippen LogP contribution in [0.15, 0.2) is 24.3 Å². The van der Waals surface area contributed by atoms with E-state index in [-0.39, 0.29) is 35.2 Å². The second-order valence-corrected chi connectivity index (χ2v) is 11.3. The first-order valence-electron chi connectivity index (χ1n) is 10.7. The summed E-state index contributed by atoms with van der Waals surface area (Å²) in [5, 5.41) is 3.08. The molecule has 4 bridgehead atoms. The zero-order valence-electron chi connectivity index (χ0n) is 17.5. The summed E-state index contributed by atoms with van der Waals surface area (Å²) in [5.41, 5.74) is 0.650. The van der Waals surface area contributed by atoms with Gasteiger partial charge >= 0.3 is 5.97 Å². The normalized spacial score (nSPS) is 30.5. The lowest BCUT2D eigenvalue weighted by molar-refractivity contribution is -0.128. The molecule has 8 heteroatoms.